The first kappa shape index (κ1) is 19.0. The summed E-state index contributed by atoms with van der Waals surface area (Å²) in [6.45, 7) is 6.70. The van der Waals surface area contributed by atoms with Crippen LogP contribution in [0.4, 0.5) is 11.4 Å². The number of hydrogen-bond donors (Lipinski definition) is 4. The lowest BCUT2D eigenvalue weighted by molar-refractivity contribution is 0.340. The summed E-state index contributed by atoms with van der Waals surface area (Å²) in [4.78, 5) is 0. The molecule has 2 rings (SSSR count). The number of hydrazine groups is 1. The van der Waals surface area contributed by atoms with E-state index in [2.05, 4.69) is 34.5 Å². The minimum Gasteiger partial charge on any atom is -0.494 e. The zero-order valence-electron chi connectivity index (χ0n) is 14.5. The van der Waals surface area contributed by atoms with Gasteiger partial charge in [0.05, 0.1) is 6.61 Å². The first-order valence-corrected chi connectivity index (χ1v) is 8.74. The van der Waals surface area contributed by atoms with Gasteiger partial charge in [-0.15, -0.1) is 0 Å². The number of nitrogens with one attached hydrogen (secondary N) is 4. The van der Waals surface area contributed by atoms with Crippen molar-refractivity contribution < 1.29 is 4.74 Å². The number of ether oxygens (including phenoxy) is 1. The van der Waals surface area contributed by atoms with Gasteiger partial charge < -0.3 is 15.4 Å². The van der Waals surface area contributed by atoms with E-state index in [4.69, 9.17) is 29.2 Å². The first-order valence-electron chi connectivity index (χ1n) is 7.92. The predicted octanol–water partition coefficient (Wildman–Crippen LogP) is 3.89. The summed E-state index contributed by atoms with van der Waals surface area (Å²) in [5.74, 6) is 0.823. The van der Waals surface area contributed by atoms with Gasteiger partial charge >= 0.3 is 0 Å². The van der Waals surface area contributed by atoms with Crippen LogP contribution in [0.5, 0.6) is 5.75 Å². The Labute approximate surface area is 159 Å². The molecule has 0 aliphatic heterocycles. The summed E-state index contributed by atoms with van der Waals surface area (Å²) in [6, 6.07) is 13.6. The Morgan fingerprint density at radius 1 is 0.920 bits per heavy atom. The summed E-state index contributed by atoms with van der Waals surface area (Å²) in [6.07, 6.45) is 0. The highest BCUT2D eigenvalue weighted by Gasteiger charge is 2.04. The van der Waals surface area contributed by atoms with Gasteiger partial charge in [0.2, 0.25) is 0 Å². The molecule has 0 spiro atoms. The Hall–Kier alpha value is -2.38. The van der Waals surface area contributed by atoms with Crippen LogP contribution in [0.1, 0.15) is 18.1 Å². The van der Waals surface area contributed by atoms with E-state index in [0.717, 1.165) is 22.7 Å². The van der Waals surface area contributed by atoms with Crippen molar-refractivity contribution >= 4 is 46.0 Å². The van der Waals surface area contributed by atoms with Crippen molar-refractivity contribution in [1.82, 2.24) is 10.9 Å². The molecule has 0 aliphatic rings. The highest BCUT2D eigenvalue weighted by molar-refractivity contribution is 7.81. The number of benzene rings is 2. The van der Waals surface area contributed by atoms with Gasteiger partial charge in [-0.2, -0.15) is 0 Å². The molecule has 0 saturated heterocycles. The Morgan fingerprint density at radius 3 is 2.20 bits per heavy atom. The average molecular weight is 375 g/mol. The zero-order valence-corrected chi connectivity index (χ0v) is 16.1. The fraction of sp³-hybridized carbons (Fsp3) is 0.222. The molecule has 2 aromatic rings. The highest BCUT2D eigenvalue weighted by atomic mass is 32.1. The molecule has 0 bridgehead atoms. The van der Waals surface area contributed by atoms with Gasteiger partial charge in [0.25, 0.3) is 0 Å². The van der Waals surface area contributed by atoms with Crippen LogP contribution >= 0.6 is 24.4 Å². The normalized spacial score (nSPS) is 9.88. The molecule has 0 heterocycles. The van der Waals surface area contributed by atoms with E-state index in [1.165, 1.54) is 5.56 Å². The molecule has 0 radical (unpaired) electrons. The lowest BCUT2D eigenvalue weighted by atomic mass is 10.1. The van der Waals surface area contributed by atoms with Crippen molar-refractivity contribution in [3.63, 3.8) is 0 Å². The fourth-order valence-corrected chi connectivity index (χ4v) is 2.45. The summed E-state index contributed by atoms with van der Waals surface area (Å²) < 4.78 is 5.41. The van der Waals surface area contributed by atoms with Crippen LogP contribution < -0.4 is 26.2 Å². The topological polar surface area (TPSA) is 57.4 Å². The minimum atomic E-state index is 0.411. The molecule has 4 N–H and O–H groups in total. The second kappa shape index (κ2) is 9.19. The molecule has 0 amide bonds. The molecule has 0 unspecified atom stereocenters. The number of aryl methyl sites for hydroxylation is 1. The van der Waals surface area contributed by atoms with Gasteiger partial charge in [0.15, 0.2) is 10.2 Å². The van der Waals surface area contributed by atoms with Gasteiger partial charge in [-0.05, 0) is 86.7 Å². The van der Waals surface area contributed by atoms with Crippen LogP contribution in [0.25, 0.3) is 0 Å². The molecule has 0 aliphatic carbocycles. The SMILES string of the molecule is CCOc1ccc(NC(=S)NNC(=S)Nc2cccc(C)c2C)cc1. The van der Waals surface area contributed by atoms with Gasteiger partial charge in [-0.25, -0.2) is 0 Å². The van der Waals surface area contributed by atoms with E-state index < -0.39 is 0 Å². The summed E-state index contributed by atoms with van der Waals surface area (Å²) >= 11 is 10.5. The molecule has 25 heavy (non-hydrogen) atoms. The zero-order chi connectivity index (χ0) is 18.2. The number of thiocarbonyl (C=S) groups is 2. The largest absolute Gasteiger partial charge is 0.494 e. The highest BCUT2D eigenvalue weighted by Crippen LogP contribution is 2.17. The summed E-state index contributed by atoms with van der Waals surface area (Å²) in [7, 11) is 0. The number of rotatable bonds is 4. The molecule has 0 atom stereocenters. The van der Waals surface area contributed by atoms with Crippen LogP contribution in [0.3, 0.4) is 0 Å². The maximum absolute atomic E-state index is 5.41. The van der Waals surface area contributed by atoms with Crippen molar-refractivity contribution in [2.45, 2.75) is 20.8 Å². The third-order valence-corrected chi connectivity index (χ3v) is 3.97. The quantitative estimate of drug-likeness (QED) is 0.478. The van der Waals surface area contributed by atoms with E-state index in [1.807, 2.05) is 50.2 Å². The molecule has 0 aromatic heterocycles. The predicted molar refractivity (Wildman–Crippen MR) is 112 cm³/mol. The smallest absolute Gasteiger partial charge is 0.189 e. The number of hydrogen-bond acceptors (Lipinski definition) is 3. The summed E-state index contributed by atoms with van der Waals surface area (Å²) in [5, 5.41) is 7.06. The maximum Gasteiger partial charge on any atom is 0.189 e. The van der Waals surface area contributed by atoms with Crippen molar-refractivity contribution in [1.29, 1.82) is 0 Å². The molecule has 2 aromatic carbocycles. The van der Waals surface area contributed by atoms with Crippen molar-refractivity contribution in [3.05, 3.63) is 53.6 Å². The first-order chi connectivity index (χ1) is 12.0. The van der Waals surface area contributed by atoms with Crippen molar-refractivity contribution in [2.24, 2.45) is 0 Å². The molecule has 0 saturated carbocycles. The van der Waals surface area contributed by atoms with Crippen LogP contribution in [0, 0.1) is 13.8 Å². The van der Waals surface area contributed by atoms with Crippen LogP contribution in [0.15, 0.2) is 42.5 Å². The van der Waals surface area contributed by atoms with Crippen LogP contribution in [-0.4, -0.2) is 16.8 Å². The summed E-state index contributed by atoms with van der Waals surface area (Å²) in [5.41, 5.74) is 9.91. The lowest BCUT2D eigenvalue weighted by Crippen LogP contribution is -2.45. The molecular formula is C18H22N4OS2. The van der Waals surface area contributed by atoms with Gasteiger partial charge in [-0.3, -0.25) is 10.9 Å². The maximum atomic E-state index is 5.41. The monoisotopic (exact) mass is 374 g/mol. The number of anilines is 2. The standard InChI is InChI=1S/C18H22N4OS2/c1-4-23-15-10-8-14(9-11-15)19-17(24)21-22-18(25)20-16-7-5-6-12(2)13(16)3/h5-11H,4H2,1-3H3,(H2,19,21,24)(H2,20,22,25). The average Bonchev–Trinajstić information content (AvgIpc) is 2.59. The Balaban J connectivity index is 1.81. The van der Waals surface area contributed by atoms with E-state index >= 15 is 0 Å². The second-order valence-electron chi connectivity index (χ2n) is 5.36. The minimum absolute atomic E-state index is 0.411. The fourth-order valence-electron chi connectivity index (χ4n) is 2.12. The Bertz CT molecular complexity index is 747. The van der Waals surface area contributed by atoms with Gasteiger partial charge in [0.1, 0.15) is 5.75 Å². The van der Waals surface area contributed by atoms with Crippen molar-refractivity contribution in [3.8, 4) is 5.75 Å². The van der Waals surface area contributed by atoms with E-state index in [1.54, 1.807) is 0 Å². The van der Waals surface area contributed by atoms with Crippen LogP contribution in [0.2, 0.25) is 0 Å². The molecular weight excluding hydrogens is 352 g/mol. The molecule has 7 heteroatoms. The third-order valence-electron chi connectivity index (χ3n) is 3.57. The Kier molecular flexibility index (Phi) is 6.97. The second-order valence-corrected chi connectivity index (χ2v) is 6.18. The van der Waals surface area contributed by atoms with E-state index in [9.17, 15) is 0 Å². The molecule has 5 nitrogen and oxygen atoms in total. The van der Waals surface area contributed by atoms with Gasteiger partial charge in [-0.1, -0.05) is 12.1 Å². The van der Waals surface area contributed by atoms with Gasteiger partial charge in [0, 0.05) is 11.4 Å². The molecule has 132 valence electrons. The third kappa shape index (κ3) is 5.88. The van der Waals surface area contributed by atoms with Crippen LogP contribution in [-0.2, 0) is 0 Å². The lowest BCUT2D eigenvalue weighted by Gasteiger charge is -2.16. The van der Waals surface area contributed by atoms with E-state index in [-0.39, 0.29) is 0 Å². The Morgan fingerprint density at radius 2 is 1.56 bits per heavy atom. The van der Waals surface area contributed by atoms with E-state index in [0.29, 0.717) is 16.8 Å². The van der Waals surface area contributed by atoms with Crippen molar-refractivity contribution in [2.75, 3.05) is 17.2 Å². The molecule has 0 fully saturated rings.